The first-order valence-corrected chi connectivity index (χ1v) is 9.67. The van der Waals surface area contributed by atoms with Crippen LogP contribution in [0.1, 0.15) is 37.9 Å². The van der Waals surface area contributed by atoms with Gasteiger partial charge in [-0.25, -0.2) is 0 Å². The molecule has 1 aromatic heterocycles. The van der Waals surface area contributed by atoms with Crippen molar-refractivity contribution in [2.24, 2.45) is 28.8 Å². The highest BCUT2D eigenvalue weighted by molar-refractivity contribution is 6.06. The van der Waals surface area contributed by atoms with Crippen LogP contribution >= 0.6 is 0 Å². The largest absolute Gasteiger partial charge is 0.440 e. The zero-order chi connectivity index (χ0) is 17.7. The first-order chi connectivity index (χ1) is 12.7. The van der Waals surface area contributed by atoms with Gasteiger partial charge in [-0.05, 0) is 50.0 Å². The van der Waals surface area contributed by atoms with E-state index in [2.05, 4.69) is 22.2 Å². The molecule has 1 aromatic rings. The third kappa shape index (κ3) is 2.42. The minimum Gasteiger partial charge on any atom is -0.440 e. The van der Waals surface area contributed by atoms with E-state index in [1.54, 1.807) is 0 Å². The lowest BCUT2D eigenvalue weighted by Crippen LogP contribution is -2.38. The summed E-state index contributed by atoms with van der Waals surface area (Å²) in [5, 5.41) is 5.28. The van der Waals surface area contributed by atoms with Crippen molar-refractivity contribution < 1.29 is 14.0 Å². The molecule has 0 aromatic carbocycles. The summed E-state index contributed by atoms with van der Waals surface area (Å²) in [6, 6.07) is 3.78. The Hall–Kier alpha value is -2.37. The molecule has 0 radical (unpaired) electrons. The molecule has 0 spiro atoms. The van der Waals surface area contributed by atoms with Gasteiger partial charge >= 0.3 is 0 Å². The predicted molar refractivity (Wildman–Crippen MR) is 96.6 cm³/mol. The monoisotopic (exact) mass is 353 g/mol. The van der Waals surface area contributed by atoms with Crippen molar-refractivity contribution in [2.75, 3.05) is 18.0 Å². The predicted octanol–water partition coefficient (Wildman–Crippen LogP) is 2.80. The fourth-order valence-corrected chi connectivity index (χ4v) is 4.98. The maximum absolute atomic E-state index is 12.7. The Morgan fingerprint density at radius 1 is 0.962 bits per heavy atom. The van der Waals surface area contributed by atoms with Gasteiger partial charge in [0.25, 0.3) is 11.8 Å². The molecule has 136 valence electrons. The topological polar surface area (TPSA) is 66.1 Å². The summed E-state index contributed by atoms with van der Waals surface area (Å²) in [6.45, 7) is 2.01. The van der Waals surface area contributed by atoms with Gasteiger partial charge in [0.05, 0.1) is 18.1 Å². The fourth-order valence-electron chi connectivity index (χ4n) is 4.98. The third-order valence-electron chi connectivity index (χ3n) is 6.32. The Balaban J connectivity index is 1.33. The van der Waals surface area contributed by atoms with Crippen molar-refractivity contribution >= 4 is 23.9 Å². The standard InChI is InChI=1S/C20H23N3O3/c24-19-17-13-4-5-14(7-6-13)18(17)20(25)23(19)21-12-15-8-9-16(26-15)22-10-2-1-3-11-22/h4-5,8-9,12-14,17-18H,1-3,6-7,10-11H2/b21-12-/t13-,14-,17-,18-/m0/s1. The summed E-state index contributed by atoms with van der Waals surface area (Å²) in [4.78, 5) is 27.7. The Kier molecular flexibility index (Phi) is 3.72. The maximum Gasteiger partial charge on any atom is 0.254 e. The lowest BCUT2D eigenvalue weighted by molar-refractivity contribution is -0.140. The number of rotatable bonds is 3. The molecule has 0 N–H and O–H groups in total. The minimum atomic E-state index is -0.219. The summed E-state index contributed by atoms with van der Waals surface area (Å²) in [5.41, 5.74) is 0. The van der Waals surface area contributed by atoms with Crippen LogP contribution in [0.5, 0.6) is 0 Å². The molecule has 5 aliphatic rings. The van der Waals surface area contributed by atoms with E-state index < -0.39 is 0 Å². The van der Waals surface area contributed by atoms with Crippen LogP contribution in [0.4, 0.5) is 5.88 Å². The molecule has 1 saturated carbocycles. The molecular formula is C20H23N3O3. The Morgan fingerprint density at radius 2 is 1.62 bits per heavy atom. The average molecular weight is 353 g/mol. The van der Waals surface area contributed by atoms with Gasteiger partial charge in [-0.3, -0.25) is 9.59 Å². The zero-order valence-electron chi connectivity index (χ0n) is 14.7. The average Bonchev–Trinajstić information content (AvgIpc) is 3.27. The minimum absolute atomic E-state index is 0.155. The molecule has 0 unspecified atom stereocenters. The van der Waals surface area contributed by atoms with Crippen LogP contribution in [0, 0.1) is 23.7 Å². The van der Waals surface area contributed by atoms with Gasteiger partial charge in [-0.15, -0.1) is 0 Å². The molecule has 2 saturated heterocycles. The lowest BCUT2D eigenvalue weighted by atomic mass is 9.63. The first kappa shape index (κ1) is 15.9. The summed E-state index contributed by atoms with van der Waals surface area (Å²) in [6.07, 6.45) is 11.3. The zero-order valence-corrected chi connectivity index (χ0v) is 14.7. The molecular weight excluding hydrogens is 330 g/mol. The summed E-state index contributed by atoms with van der Waals surface area (Å²) < 4.78 is 5.84. The number of hydrogen-bond donors (Lipinski definition) is 0. The van der Waals surface area contributed by atoms with E-state index in [-0.39, 0.29) is 35.5 Å². The van der Waals surface area contributed by atoms with Crippen LogP contribution in [0.2, 0.25) is 0 Å². The van der Waals surface area contributed by atoms with Crippen molar-refractivity contribution in [1.82, 2.24) is 5.01 Å². The molecule has 4 atom stereocenters. The molecule has 26 heavy (non-hydrogen) atoms. The number of carbonyl (C=O) groups excluding carboxylic acids is 2. The molecule has 3 aliphatic carbocycles. The second-order valence-electron chi connectivity index (χ2n) is 7.80. The molecule has 6 nitrogen and oxygen atoms in total. The van der Waals surface area contributed by atoms with Gasteiger partial charge in [0, 0.05) is 19.2 Å². The number of furan rings is 1. The Bertz CT molecular complexity index is 758. The number of imide groups is 1. The highest BCUT2D eigenvalue weighted by Crippen LogP contribution is 2.49. The second-order valence-corrected chi connectivity index (χ2v) is 7.80. The number of anilines is 1. The van der Waals surface area contributed by atoms with Crippen LogP contribution in [0.25, 0.3) is 0 Å². The van der Waals surface area contributed by atoms with Crippen LogP contribution < -0.4 is 4.90 Å². The SMILES string of the molecule is O=C1[C@@H]2[C@@H](C(=O)N1/N=C\c1ccc(N3CCCCC3)o1)[C@H]1C=C[C@H]2CC1. The number of hydrazone groups is 1. The van der Waals surface area contributed by atoms with Crippen LogP contribution in [-0.4, -0.2) is 36.1 Å². The van der Waals surface area contributed by atoms with Gasteiger partial charge in [-0.1, -0.05) is 12.2 Å². The molecule has 2 bridgehead atoms. The molecule has 6 heteroatoms. The van der Waals surface area contributed by atoms with E-state index in [0.717, 1.165) is 36.8 Å². The van der Waals surface area contributed by atoms with Gasteiger partial charge in [-0.2, -0.15) is 10.1 Å². The number of amides is 2. The van der Waals surface area contributed by atoms with Crippen molar-refractivity contribution in [3.63, 3.8) is 0 Å². The van der Waals surface area contributed by atoms with E-state index in [1.165, 1.54) is 25.5 Å². The normalized spacial score (nSPS) is 33.5. The van der Waals surface area contributed by atoms with E-state index >= 15 is 0 Å². The van der Waals surface area contributed by atoms with E-state index in [1.807, 2.05) is 12.1 Å². The van der Waals surface area contributed by atoms with Crippen molar-refractivity contribution in [1.29, 1.82) is 0 Å². The number of carbonyl (C=O) groups is 2. The summed E-state index contributed by atoms with van der Waals surface area (Å²) in [7, 11) is 0. The van der Waals surface area contributed by atoms with Crippen LogP contribution in [0.15, 0.2) is 33.8 Å². The Morgan fingerprint density at radius 3 is 2.23 bits per heavy atom. The highest BCUT2D eigenvalue weighted by Gasteiger charge is 2.56. The molecule has 2 amide bonds. The number of fused-ring (bicyclic) bond motifs is 1. The number of piperidine rings is 1. The van der Waals surface area contributed by atoms with E-state index in [4.69, 9.17) is 4.42 Å². The molecule has 3 heterocycles. The molecule has 2 aliphatic heterocycles. The number of nitrogens with zero attached hydrogens (tertiary/aromatic N) is 3. The van der Waals surface area contributed by atoms with Crippen LogP contribution in [0.3, 0.4) is 0 Å². The highest BCUT2D eigenvalue weighted by atomic mass is 16.4. The van der Waals surface area contributed by atoms with Gasteiger partial charge in [0.1, 0.15) is 5.76 Å². The quantitative estimate of drug-likeness (QED) is 0.476. The van der Waals surface area contributed by atoms with Crippen LogP contribution in [-0.2, 0) is 9.59 Å². The first-order valence-electron chi connectivity index (χ1n) is 9.67. The van der Waals surface area contributed by atoms with Gasteiger partial charge in [0.2, 0.25) is 0 Å². The van der Waals surface area contributed by atoms with Crippen molar-refractivity contribution in [3.8, 4) is 0 Å². The lowest BCUT2D eigenvalue weighted by Gasteiger charge is -2.37. The second kappa shape index (κ2) is 6.11. The molecule has 3 fully saturated rings. The number of allylic oxidation sites excluding steroid dienone is 2. The smallest absolute Gasteiger partial charge is 0.254 e. The van der Waals surface area contributed by atoms with E-state index in [9.17, 15) is 9.59 Å². The van der Waals surface area contributed by atoms with Gasteiger partial charge in [0.15, 0.2) is 5.88 Å². The summed E-state index contributed by atoms with van der Waals surface area (Å²) >= 11 is 0. The van der Waals surface area contributed by atoms with Gasteiger partial charge < -0.3 is 9.32 Å². The fraction of sp³-hybridized carbons (Fsp3) is 0.550. The van der Waals surface area contributed by atoms with Crippen molar-refractivity contribution in [3.05, 3.63) is 30.0 Å². The summed E-state index contributed by atoms with van der Waals surface area (Å²) in [5.74, 6) is 1.04. The van der Waals surface area contributed by atoms with E-state index in [0.29, 0.717) is 5.76 Å². The molecule has 6 rings (SSSR count). The number of hydrogen-bond acceptors (Lipinski definition) is 5. The Labute approximate surface area is 152 Å². The van der Waals surface area contributed by atoms with Crippen molar-refractivity contribution in [2.45, 2.75) is 32.1 Å². The maximum atomic E-state index is 12.7. The third-order valence-corrected chi connectivity index (χ3v) is 6.32.